The summed E-state index contributed by atoms with van der Waals surface area (Å²) < 4.78 is 26.3. The van der Waals surface area contributed by atoms with E-state index in [2.05, 4.69) is 0 Å². The standard InChI is InChI=1S/C13H14F2O2/c14-13(15)7-6-10(8-13)11(12(16)17)9-4-2-1-3-5-9/h1-5,10-11H,6-8H2,(H,16,17)/t10?,11-/m1/s1. The lowest BCUT2D eigenvalue weighted by Gasteiger charge is -2.19. The molecule has 0 aliphatic heterocycles. The van der Waals surface area contributed by atoms with Crippen LogP contribution in [0.4, 0.5) is 8.78 Å². The van der Waals surface area contributed by atoms with Crippen LogP contribution in [0.1, 0.15) is 30.7 Å². The van der Waals surface area contributed by atoms with Gasteiger partial charge in [-0.05, 0) is 17.9 Å². The topological polar surface area (TPSA) is 37.3 Å². The zero-order chi connectivity index (χ0) is 12.5. The minimum absolute atomic E-state index is 0.200. The van der Waals surface area contributed by atoms with Crippen molar-refractivity contribution in [3.63, 3.8) is 0 Å². The summed E-state index contributed by atoms with van der Waals surface area (Å²) in [7, 11) is 0. The first kappa shape index (κ1) is 12.0. The fourth-order valence-electron chi connectivity index (χ4n) is 2.55. The van der Waals surface area contributed by atoms with Crippen LogP contribution in [0, 0.1) is 5.92 Å². The molecular weight excluding hydrogens is 226 g/mol. The second-order valence-corrected chi connectivity index (χ2v) is 4.59. The molecule has 2 nitrogen and oxygen atoms in total. The van der Waals surface area contributed by atoms with E-state index in [0.29, 0.717) is 5.56 Å². The molecule has 0 saturated heterocycles. The van der Waals surface area contributed by atoms with Gasteiger partial charge in [0.25, 0.3) is 0 Å². The van der Waals surface area contributed by atoms with E-state index in [1.54, 1.807) is 30.3 Å². The molecule has 1 aromatic rings. The fraction of sp³-hybridized carbons (Fsp3) is 0.462. The van der Waals surface area contributed by atoms with Crippen LogP contribution in [-0.2, 0) is 4.79 Å². The van der Waals surface area contributed by atoms with Crippen LogP contribution in [-0.4, -0.2) is 17.0 Å². The maximum Gasteiger partial charge on any atom is 0.311 e. The van der Waals surface area contributed by atoms with Gasteiger partial charge in [-0.1, -0.05) is 30.3 Å². The molecule has 0 radical (unpaired) electrons. The Balaban J connectivity index is 2.23. The summed E-state index contributed by atoms with van der Waals surface area (Å²) in [5.74, 6) is -5.00. The van der Waals surface area contributed by atoms with E-state index >= 15 is 0 Å². The van der Waals surface area contributed by atoms with Crippen LogP contribution < -0.4 is 0 Å². The van der Waals surface area contributed by atoms with Crippen molar-refractivity contribution in [3.05, 3.63) is 35.9 Å². The number of carboxylic acids is 1. The molecular formula is C13H14F2O2. The second-order valence-electron chi connectivity index (χ2n) is 4.59. The largest absolute Gasteiger partial charge is 0.481 e. The molecule has 17 heavy (non-hydrogen) atoms. The number of benzene rings is 1. The normalized spacial score (nSPS) is 24.5. The van der Waals surface area contributed by atoms with Gasteiger partial charge in [0.15, 0.2) is 0 Å². The van der Waals surface area contributed by atoms with Gasteiger partial charge in [0, 0.05) is 12.8 Å². The Bertz CT molecular complexity index is 403. The molecule has 92 valence electrons. The van der Waals surface area contributed by atoms with Crippen molar-refractivity contribution in [2.75, 3.05) is 0 Å². The summed E-state index contributed by atoms with van der Waals surface area (Å²) in [6.07, 6.45) is -0.244. The second kappa shape index (κ2) is 4.43. The molecule has 0 heterocycles. The first-order valence-corrected chi connectivity index (χ1v) is 5.65. The van der Waals surface area contributed by atoms with Gasteiger partial charge in [-0.3, -0.25) is 4.79 Å². The van der Waals surface area contributed by atoms with E-state index in [0.717, 1.165) is 0 Å². The molecule has 1 aliphatic rings. The molecule has 1 fully saturated rings. The van der Waals surface area contributed by atoms with Crippen molar-refractivity contribution in [2.45, 2.75) is 31.1 Å². The fourth-order valence-corrected chi connectivity index (χ4v) is 2.55. The Hall–Kier alpha value is -1.45. The number of carboxylic acid groups (broad SMARTS) is 1. The molecule has 1 aromatic carbocycles. The summed E-state index contributed by atoms with van der Waals surface area (Å²) in [6.45, 7) is 0. The number of rotatable bonds is 3. The van der Waals surface area contributed by atoms with Gasteiger partial charge in [-0.15, -0.1) is 0 Å². The van der Waals surface area contributed by atoms with Crippen molar-refractivity contribution in [2.24, 2.45) is 5.92 Å². The summed E-state index contributed by atoms with van der Waals surface area (Å²) in [4.78, 5) is 11.3. The van der Waals surface area contributed by atoms with Crippen LogP contribution in [0.15, 0.2) is 30.3 Å². The molecule has 1 aliphatic carbocycles. The molecule has 2 atom stereocenters. The Morgan fingerprint density at radius 2 is 2.00 bits per heavy atom. The van der Waals surface area contributed by atoms with Crippen molar-refractivity contribution >= 4 is 5.97 Å². The number of hydrogen-bond donors (Lipinski definition) is 1. The van der Waals surface area contributed by atoms with E-state index in [9.17, 15) is 18.7 Å². The van der Waals surface area contributed by atoms with E-state index < -0.39 is 23.7 Å². The Labute approximate surface area is 98.3 Å². The van der Waals surface area contributed by atoms with Crippen LogP contribution in [0.5, 0.6) is 0 Å². The van der Waals surface area contributed by atoms with Gasteiger partial charge in [-0.2, -0.15) is 0 Å². The molecule has 1 N–H and O–H groups in total. The zero-order valence-corrected chi connectivity index (χ0v) is 9.27. The van der Waals surface area contributed by atoms with Crippen molar-refractivity contribution in [1.82, 2.24) is 0 Å². The Morgan fingerprint density at radius 3 is 2.47 bits per heavy atom. The Morgan fingerprint density at radius 1 is 1.35 bits per heavy atom. The molecule has 0 aromatic heterocycles. The average Bonchev–Trinajstić information content (AvgIpc) is 2.60. The molecule has 0 bridgehead atoms. The third-order valence-electron chi connectivity index (χ3n) is 3.34. The van der Waals surface area contributed by atoms with Gasteiger partial charge in [-0.25, -0.2) is 8.78 Å². The predicted molar refractivity (Wildman–Crippen MR) is 59.1 cm³/mol. The highest BCUT2D eigenvalue weighted by atomic mass is 19.3. The van der Waals surface area contributed by atoms with Crippen LogP contribution in [0.25, 0.3) is 0 Å². The summed E-state index contributed by atoms with van der Waals surface area (Å²) in [5, 5.41) is 9.21. The molecule has 0 spiro atoms. The minimum atomic E-state index is -2.70. The average molecular weight is 240 g/mol. The summed E-state index contributed by atoms with van der Waals surface area (Å²) >= 11 is 0. The molecule has 1 saturated carbocycles. The SMILES string of the molecule is O=C(O)[C@H](c1ccccc1)C1CCC(F)(F)C1. The predicted octanol–water partition coefficient (Wildman–Crippen LogP) is 3.29. The monoisotopic (exact) mass is 240 g/mol. The minimum Gasteiger partial charge on any atom is -0.481 e. The summed E-state index contributed by atoms with van der Waals surface area (Å²) in [6, 6.07) is 8.63. The lowest BCUT2D eigenvalue weighted by Crippen LogP contribution is -2.21. The zero-order valence-electron chi connectivity index (χ0n) is 9.27. The number of halogens is 2. The first-order valence-electron chi connectivity index (χ1n) is 5.65. The van der Waals surface area contributed by atoms with Crippen molar-refractivity contribution in [1.29, 1.82) is 0 Å². The summed E-state index contributed by atoms with van der Waals surface area (Å²) in [5.41, 5.74) is 0.614. The van der Waals surface area contributed by atoms with E-state index in [1.807, 2.05) is 0 Å². The van der Waals surface area contributed by atoms with Crippen molar-refractivity contribution in [3.8, 4) is 0 Å². The molecule has 4 heteroatoms. The van der Waals surface area contributed by atoms with Gasteiger partial charge in [0.1, 0.15) is 0 Å². The molecule has 1 unspecified atom stereocenters. The maximum atomic E-state index is 13.1. The molecule has 2 rings (SSSR count). The third kappa shape index (κ3) is 2.62. The highest BCUT2D eigenvalue weighted by molar-refractivity contribution is 5.76. The van der Waals surface area contributed by atoms with E-state index in [1.165, 1.54) is 0 Å². The Kier molecular flexibility index (Phi) is 3.13. The first-order chi connectivity index (χ1) is 7.99. The van der Waals surface area contributed by atoms with E-state index in [-0.39, 0.29) is 19.3 Å². The van der Waals surface area contributed by atoms with Crippen LogP contribution in [0.3, 0.4) is 0 Å². The number of alkyl halides is 2. The quantitative estimate of drug-likeness (QED) is 0.880. The third-order valence-corrected chi connectivity index (χ3v) is 3.34. The highest BCUT2D eigenvalue weighted by Crippen LogP contribution is 2.45. The smallest absolute Gasteiger partial charge is 0.311 e. The number of hydrogen-bond acceptors (Lipinski definition) is 1. The maximum absolute atomic E-state index is 13.1. The molecule has 0 amide bonds. The van der Waals surface area contributed by atoms with Crippen LogP contribution >= 0.6 is 0 Å². The highest BCUT2D eigenvalue weighted by Gasteiger charge is 2.44. The van der Waals surface area contributed by atoms with Crippen LogP contribution in [0.2, 0.25) is 0 Å². The van der Waals surface area contributed by atoms with E-state index in [4.69, 9.17) is 0 Å². The van der Waals surface area contributed by atoms with Gasteiger partial charge in [0.2, 0.25) is 5.92 Å². The van der Waals surface area contributed by atoms with Gasteiger partial charge in [0.05, 0.1) is 5.92 Å². The number of carbonyl (C=O) groups is 1. The van der Waals surface area contributed by atoms with Gasteiger partial charge < -0.3 is 5.11 Å². The number of aliphatic carboxylic acids is 1. The van der Waals surface area contributed by atoms with Gasteiger partial charge >= 0.3 is 5.97 Å². The lowest BCUT2D eigenvalue weighted by atomic mass is 9.85. The lowest BCUT2D eigenvalue weighted by molar-refractivity contribution is -0.140. The van der Waals surface area contributed by atoms with Crippen molar-refractivity contribution < 1.29 is 18.7 Å².